The second kappa shape index (κ2) is 4.04. The van der Waals surface area contributed by atoms with Crippen LogP contribution in [0, 0.1) is 18.8 Å². The molecule has 0 bridgehead atoms. The molecule has 3 heterocycles. The SMILES string of the molecule is Cc1cc(S(=O)(=O)N2C[C@H]3CNC[C@H]3C2)n(C)n1. The fraction of sp³-hybridized carbons (Fsp3) is 0.727. The van der Waals surface area contributed by atoms with Crippen LogP contribution >= 0.6 is 0 Å². The van der Waals surface area contributed by atoms with Gasteiger partial charge in [-0.1, -0.05) is 0 Å². The van der Waals surface area contributed by atoms with Crippen LogP contribution in [0.2, 0.25) is 0 Å². The lowest BCUT2D eigenvalue weighted by atomic mass is 10.0. The van der Waals surface area contributed by atoms with Gasteiger partial charge in [0, 0.05) is 20.1 Å². The number of nitrogens with one attached hydrogen (secondary N) is 1. The van der Waals surface area contributed by atoms with Crippen molar-refractivity contribution in [3.63, 3.8) is 0 Å². The monoisotopic (exact) mass is 270 g/mol. The second-order valence-electron chi connectivity index (χ2n) is 5.25. The Kier molecular flexibility index (Phi) is 2.72. The molecule has 2 aliphatic heterocycles. The van der Waals surface area contributed by atoms with E-state index in [9.17, 15) is 8.42 Å². The molecule has 0 saturated carbocycles. The molecule has 3 rings (SSSR count). The van der Waals surface area contributed by atoms with Gasteiger partial charge in [-0.3, -0.25) is 4.68 Å². The number of aryl methyl sites for hydroxylation is 2. The van der Waals surface area contributed by atoms with Gasteiger partial charge >= 0.3 is 0 Å². The molecule has 2 saturated heterocycles. The van der Waals surface area contributed by atoms with E-state index in [2.05, 4.69) is 10.4 Å². The molecule has 7 heteroatoms. The fourth-order valence-corrected chi connectivity index (χ4v) is 4.70. The van der Waals surface area contributed by atoms with E-state index >= 15 is 0 Å². The molecule has 1 N–H and O–H groups in total. The van der Waals surface area contributed by atoms with Crippen LogP contribution in [-0.2, 0) is 17.1 Å². The van der Waals surface area contributed by atoms with Crippen molar-refractivity contribution in [2.75, 3.05) is 26.2 Å². The molecular weight excluding hydrogens is 252 g/mol. The van der Waals surface area contributed by atoms with Crippen molar-refractivity contribution in [2.24, 2.45) is 18.9 Å². The summed E-state index contributed by atoms with van der Waals surface area (Å²) in [4.78, 5) is 0. The number of fused-ring (bicyclic) bond motifs is 1. The Bertz CT molecular complexity index is 554. The molecular formula is C11H18N4O2S. The van der Waals surface area contributed by atoms with Gasteiger partial charge in [-0.05, 0) is 37.9 Å². The summed E-state index contributed by atoms with van der Waals surface area (Å²) in [5.74, 6) is 0.934. The molecule has 0 aromatic carbocycles. The quantitative estimate of drug-likeness (QED) is 0.792. The van der Waals surface area contributed by atoms with Crippen LogP contribution in [-0.4, -0.2) is 48.7 Å². The van der Waals surface area contributed by atoms with Gasteiger partial charge in [0.2, 0.25) is 0 Å². The minimum atomic E-state index is -3.38. The van der Waals surface area contributed by atoms with E-state index in [1.54, 1.807) is 17.4 Å². The summed E-state index contributed by atoms with van der Waals surface area (Å²) in [6.45, 7) is 4.93. The zero-order valence-electron chi connectivity index (χ0n) is 10.6. The van der Waals surface area contributed by atoms with E-state index in [1.165, 1.54) is 4.68 Å². The number of aromatic nitrogens is 2. The number of hydrogen-bond donors (Lipinski definition) is 1. The van der Waals surface area contributed by atoms with Crippen molar-refractivity contribution in [1.29, 1.82) is 0 Å². The molecule has 0 radical (unpaired) electrons. The van der Waals surface area contributed by atoms with Crippen LogP contribution in [0.4, 0.5) is 0 Å². The Morgan fingerprint density at radius 1 is 1.33 bits per heavy atom. The third-order valence-corrected chi connectivity index (χ3v) is 5.81. The van der Waals surface area contributed by atoms with Gasteiger partial charge in [-0.15, -0.1) is 0 Å². The number of sulfonamides is 1. The van der Waals surface area contributed by atoms with Crippen LogP contribution in [0.15, 0.2) is 11.1 Å². The van der Waals surface area contributed by atoms with Crippen LogP contribution in [0.1, 0.15) is 5.69 Å². The summed E-state index contributed by atoms with van der Waals surface area (Å²) >= 11 is 0. The van der Waals surface area contributed by atoms with Crippen LogP contribution in [0.5, 0.6) is 0 Å². The molecule has 0 unspecified atom stereocenters. The maximum absolute atomic E-state index is 12.5. The maximum atomic E-state index is 12.5. The van der Waals surface area contributed by atoms with Gasteiger partial charge in [0.15, 0.2) is 5.03 Å². The van der Waals surface area contributed by atoms with E-state index in [0.29, 0.717) is 30.0 Å². The van der Waals surface area contributed by atoms with E-state index in [1.807, 2.05) is 6.92 Å². The first-order valence-corrected chi connectivity index (χ1v) is 7.64. The Morgan fingerprint density at radius 2 is 1.94 bits per heavy atom. The molecule has 1 aromatic heterocycles. The fourth-order valence-electron chi connectivity index (χ4n) is 2.97. The zero-order chi connectivity index (χ0) is 12.9. The van der Waals surface area contributed by atoms with Gasteiger partial charge in [0.05, 0.1) is 5.69 Å². The lowest BCUT2D eigenvalue weighted by Gasteiger charge is -2.17. The van der Waals surface area contributed by atoms with Gasteiger partial charge in [-0.2, -0.15) is 9.40 Å². The van der Waals surface area contributed by atoms with Crippen molar-refractivity contribution in [2.45, 2.75) is 11.9 Å². The maximum Gasteiger partial charge on any atom is 0.260 e. The third-order valence-electron chi connectivity index (χ3n) is 3.92. The van der Waals surface area contributed by atoms with Crippen molar-refractivity contribution in [3.8, 4) is 0 Å². The summed E-state index contributed by atoms with van der Waals surface area (Å²) in [6, 6.07) is 1.64. The van der Waals surface area contributed by atoms with E-state index in [0.717, 1.165) is 18.8 Å². The Labute approximate surface area is 107 Å². The highest BCUT2D eigenvalue weighted by Gasteiger charge is 2.42. The first-order valence-electron chi connectivity index (χ1n) is 6.20. The average molecular weight is 270 g/mol. The largest absolute Gasteiger partial charge is 0.316 e. The predicted octanol–water partition coefficient (Wildman–Crippen LogP) is -0.432. The Hall–Kier alpha value is -0.920. The lowest BCUT2D eigenvalue weighted by molar-refractivity contribution is 0.440. The summed E-state index contributed by atoms with van der Waals surface area (Å²) in [7, 11) is -1.71. The van der Waals surface area contributed by atoms with Crippen molar-refractivity contribution in [1.82, 2.24) is 19.4 Å². The van der Waals surface area contributed by atoms with Crippen LogP contribution in [0.3, 0.4) is 0 Å². The zero-order valence-corrected chi connectivity index (χ0v) is 11.4. The van der Waals surface area contributed by atoms with Crippen molar-refractivity contribution < 1.29 is 8.42 Å². The molecule has 18 heavy (non-hydrogen) atoms. The first-order chi connectivity index (χ1) is 8.48. The summed E-state index contributed by atoms with van der Waals surface area (Å²) < 4.78 is 28.2. The second-order valence-corrected chi connectivity index (χ2v) is 7.13. The topological polar surface area (TPSA) is 67.2 Å². The Balaban J connectivity index is 1.90. The Morgan fingerprint density at radius 3 is 2.44 bits per heavy atom. The highest BCUT2D eigenvalue weighted by molar-refractivity contribution is 7.89. The van der Waals surface area contributed by atoms with Crippen LogP contribution < -0.4 is 5.32 Å². The predicted molar refractivity (Wildman–Crippen MR) is 66.6 cm³/mol. The number of nitrogens with zero attached hydrogens (tertiary/aromatic N) is 3. The summed E-state index contributed by atoms with van der Waals surface area (Å²) in [5.41, 5.74) is 0.733. The molecule has 100 valence electrons. The van der Waals surface area contributed by atoms with E-state index < -0.39 is 10.0 Å². The number of rotatable bonds is 2. The van der Waals surface area contributed by atoms with Gasteiger partial charge in [-0.25, -0.2) is 8.42 Å². The number of hydrogen-bond acceptors (Lipinski definition) is 4. The minimum absolute atomic E-state index is 0.299. The van der Waals surface area contributed by atoms with Gasteiger partial charge in [0.1, 0.15) is 0 Å². The molecule has 2 atom stereocenters. The lowest BCUT2D eigenvalue weighted by Crippen LogP contribution is -2.33. The van der Waals surface area contributed by atoms with Crippen molar-refractivity contribution in [3.05, 3.63) is 11.8 Å². The molecule has 1 aromatic rings. The highest BCUT2D eigenvalue weighted by atomic mass is 32.2. The van der Waals surface area contributed by atoms with Crippen molar-refractivity contribution >= 4 is 10.0 Å². The van der Waals surface area contributed by atoms with E-state index in [4.69, 9.17) is 0 Å². The molecule has 2 aliphatic rings. The smallest absolute Gasteiger partial charge is 0.260 e. The van der Waals surface area contributed by atoms with E-state index in [-0.39, 0.29) is 0 Å². The highest BCUT2D eigenvalue weighted by Crippen LogP contribution is 2.30. The van der Waals surface area contributed by atoms with Gasteiger partial charge in [0.25, 0.3) is 10.0 Å². The summed E-state index contributed by atoms with van der Waals surface area (Å²) in [6.07, 6.45) is 0. The molecule has 0 aliphatic carbocycles. The summed E-state index contributed by atoms with van der Waals surface area (Å²) in [5, 5.41) is 7.73. The van der Waals surface area contributed by atoms with Crippen LogP contribution in [0.25, 0.3) is 0 Å². The van der Waals surface area contributed by atoms with Gasteiger partial charge < -0.3 is 5.32 Å². The molecule has 0 amide bonds. The molecule has 0 spiro atoms. The molecule has 6 nitrogen and oxygen atoms in total. The molecule has 2 fully saturated rings. The standard InChI is InChI=1S/C11H18N4O2S/c1-8-3-11(14(2)13-8)18(16,17)15-6-9-4-12-5-10(9)7-15/h3,9-10,12H,4-7H2,1-2H3/t9-,10+. The average Bonchev–Trinajstić information content (AvgIpc) is 2.90. The normalized spacial score (nSPS) is 28.8. The minimum Gasteiger partial charge on any atom is -0.316 e. The third kappa shape index (κ3) is 1.77. The first kappa shape index (κ1) is 12.1.